The lowest BCUT2D eigenvalue weighted by molar-refractivity contribution is -0.390. The van der Waals surface area contributed by atoms with Crippen LogP contribution in [0, 0.1) is 15.9 Å². The lowest BCUT2D eigenvalue weighted by Gasteiger charge is -2.06. The Bertz CT molecular complexity index is 806. The number of rotatable bonds is 4. The molecule has 0 N–H and O–H groups in total. The van der Waals surface area contributed by atoms with Gasteiger partial charge in [-0.2, -0.15) is 0 Å². The topological polar surface area (TPSA) is 77.3 Å². The first kappa shape index (κ1) is 15.5. The minimum Gasteiger partial charge on any atom is -0.258 e. The Morgan fingerprint density at radius 1 is 1.19 bits per heavy atom. The molecule has 0 aliphatic carbocycles. The standard InChI is InChI=1S/C13H10FNO4S2/c1-21(18,19)12-7-3-6-11(13(12)15(16)17)20-10-5-2-4-9(14)8-10/h2-8H,1H3. The van der Waals surface area contributed by atoms with E-state index in [1.807, 2.05) is 0 Å². The Kier molecular flexibility index (Phi) is 4.29. The molecule has 2 aromatic rings. The summed E-state index contributed by atoms with van der Waals surface area (Å²) in [5, 5.41) is 11.2. The van der Waals surface area contributed by atoms with Crippen molar-refractivity contribution in [2.75, 3.05) is 6.26 Å². The second kappa shape index (κ2) is 5.82. The van der Waals surface area contributed by atoms with Crippen molar-refractivity contribution in [3.05, 3.63) is 58.4 Å². The SMILES string of the molecule is CS(=O)(=O)c1cccc(Sc2cccc(F)c2)c1[N+](=O)[O-]. The summed E-state index contributed by atoms with van der Waals surface area (Å²) in [6.45, 7) is 0. The van der Waals surface area contributed by atoms with Crippen molar-refractivity contribution in [3.8, 4) is 0 Å². The molecule has 0 heterocycles. The molecule has 0 amide bonds. The van der Waals surface area contributed by atoms with Gasteiger partial charge < -0.3 is 0 Å². The quantitative estimate of drug-likeness (QED) is 0.636. The Morgan fingerprint density at radius 2 is 1.86 bits per heavy atom. The molecule has 0 aromatic heterocycles. The first-order valence-electron chi connectivity index (χ1n) is 5.70. The highest BCUT2D eigenvalue weighted by molar-refractivity contribution is 7.99. The molecule has 2 aromatic carbocycles. The normalized spacial score (nSPS) is 11.3. The van der Waals surface area contributed by atoms with E-state index < -0.39 is 26.3 Å². The van der Waals surface area contributed by atoms with Gasteiger partial charge >= 0.3 is 5.69 Å². The van der Waals surface area contributed by atoms with Crippen molar-refractivity contribution in [2.24, 2.45) is 0 Å². The fourth-order valence-electron chi connectivity index (χ4n) is 1.72. The van der Waals surface area contributed by atoms with Crippen molar-refractivity contribution in [2.45, 2.75) is 14.7 Å². The predicted octanol–water partition coefficient (Wildman–Crippen LogP) is 3.29. The van der Waals surface area contributed by atoms with Crippen LogP contribution in [0.2, 0.25) is 0 Å². The molecule has 5 nitrogen and oxygen atoms in total. The summed E-state index contributed by atoms with van der Waals surface area (Å²) in [6, 6.07) is 9.58. The summed E-state index contributed by atoms with van der Waals surface area (Å²) in [4.78, 5) is 10.7. The number of hydrogen-bond donors (Lipinski definition) is 0. The summed E-state index contributed by atoms with van der Waals surface area (Å²) >= 11 is 0.941. The van der Waals surface area contributed by atoms with Gasteiger partial charge in [0.05, 0.1) is 9.82 Å². The fraction of sp³-hybridized carbons (Fsp3) is 0.0769. The lowest BCUT2D eigenvalue weighted by Crippen LogP contribution is -2.03. The number of hydrogen-bond acceptors (Lipinski definition) is 5. The molecule has 0 spiro atoms. The van der Waals surface area contributed by atoms with Crippen LogP contribution in [0.3, 0.4) is 0 Å². The van der Waals surface area contributed by atoms with E-state index in [2.05, 4.69) is 0 Å². The first-order chi connectivity index (χ1) is 9.79. The monoisotopic (exact) mass is 327 g/mol. The van der Waals surface area contributed by atoms with Crippen LogP contribution in [0.15, 0.2) is 57.2 Å². The van der Waals surface area contributed by atoms with Crippen LogP contribution in [-0.4, -0.2) is 19.6 Å². The Balaban J connectivity index is 2.57. The van der Waals surface area contributed by atoms with E-state index in [1.54, 1.807) is 6.07 Å². The molecule has 0 radical (unpaired) electrons. The molecule has 0 saturated carbocycles. The molecular formula is C13H10FNO4S2. The van der Waals surface area contributed by atoms with Gasteiger partial charge in [0.1, 0.15) is 10.7 Å². The zero-order valence-corrected chi connectivity index (χ0v) is 12.4. The average Bonchev–Trinajstić information content (AvgIpc) is 2.37. The molecule has 0 fully saturated rings. The van der Waals surface area contributed by atoms with Crippen LogP contribution in [0.1, 0.15) is 0 Å². The number of sulfone groups is 1. The van der Waals surface area contributed by atoms with Crippen LogP contribution >= 0.6 is 11.8 Å². The highest BCUT2D eigenvalue weighted by atomic mass is 32.2. The smallest absolute Gasteiger partial charge is 0.258 e. The molecule has 2 rings (SSSR count). The molecule has 0 aliphatic rings. The van der Waals surface area contributed by atoms with Gasteiger partial charge in [0.25, 0.3) is 0 Å². The van der Waals surface area contributed by atoms with Crippen LogP contribution in [0.5, 0.6) is 0 Å². The maximum Gasteiger partial charge on any atom is 0.301 e. The number of para-hydroxylation sites is 1. The maximum atomic E-state index is 13.2. The van der Waals surface area contributed by atoms with Gasteiger partial charge in [-0.3, -0.25) is 10.1 Å². The third-order valence-electron chi connectivity index (χ3n) is 2.57. The number of benzene rings is 2. The minimum absolute atomic E-state index is 0.147. The van der Waals surface area contributed by atoms with E-state index >= 15 is 0 Å². The number of nitro benzene ring substituents is 1. The minimum atomic E-state index is -3.73. The van der Waals surface area contributed by atoms with Gasteiger partial charge in [-0.15, -0.1) is 0 Å². The summed E-state index contributed by atoms with van der Waals surface area (Å²) in [7, 11) is -3.73. The number of halogens is 1. The molecule has 0 unspecified atom stereocenters. The van der Waals surface area contributed by atoms with Gasteiger partial charge in [0, 0.05) is 11.2 Å². The predicted molar refractivity (Wildman–Crippen MR) is 76.7 cm³/mol. The molecular weight excluding hydrogens is 317 g/mol. The highest BCUT2D eigenvalue weighted by Gasteiger charge is 2.26. The number of nitrogens with zero attached hydrogens (tertiary/aromatic N) is 1. The van der Waals surface area contributed by atoms with Gasteiger partial charge in [-0.25, -0.2) is 12.8 Å². The fourth-order valence-corrected chi connectivity index (χ4v) is 3.65. The van der Waals surface area contributed by atoms with Crippen LogP contribution in [-0.2, 0) is 9.84 Å². The van der Waals surface area contributed by atoms with E-state index in [1.165, 1.54) is 36.4 Å². The zero-order valence-electron chi connectivity index (χ0n) is 10.8. The van der Waals surface area contributed by atoms with E-state index in [9.17, 15) is 22.9 Å². The molecule has 0 saturated heterocycles. The van der Waals surface area contributed by atoms with Crippen LogP contribution in [0.25, 0.3) is 0 Å². The van der Waals surface area contributed by atoms with Crippen LogP contribution in [0.4, 0.5) is 10.1 Å². The lowest BCUT2D eigenvalue weighted by atomic mass is 10.3. The first-order valence-corrected chi connectivity index (χ1v) is 8.40. The summed E-state index contributed by atoms with van der Waals surface area (Å²) < 4.78 is 36.4. The molecule has 0 aliphatic heterocycles. The summed E-state index contributed by atoms with van der Waals surface area (Å²) in [5.74, 6) is -0.470. The molecule has 0 bridgehead atoms. The molecule has 8 heteroatoms. The second-order valence-corrected chi connectivity index (χ2v) is 7.29. The zero-order chi connectivity index (χ0) is 15.6. The highest BCUT2D eigenvalue weighted by Crippen LogP contribution is 2.38. The second-order valence-electron chi connectivity index (χ2n) is 4.19. The van der Waals surface area contributed by atoms with Gasteiger partial charge in [0.2, 0.25) is 0 Å². The number of nitro groups is 1. The largest absolute Gasteiger partial charge is 0.301 e. The average molecular weight is 327 g/mol. The van der Waals surface area contributed by atoms with E-state index in [0.29, 0.717) is 4.90 Å². The van der Waals surface area contributed by atoms with Crippen molar-refractivity contribution >= 4 is 27.3 Å². The Labute approximate surface area is 124 Å². The maximum absolute atomic E-state index is 13.2. The van der Waals surface area contributed by atoms with Crippen molar-refractivity contribution in [1.29, 1.82) is 0 Å². The van der Waals surface area contributed by atoms with Crippen molar-refractivity contribution in [3.63, 3.8) is 0 Å². The Hall–Kier alpha value is -1.93. The van der Waals surface area contributed by atoms with Crippen molar-refractivity contribution in [1.82, 2.24) is 0 Å². The van der Waals surface area contributed by atoms with E-state index in [4.69, 9.17) is 0 Å². The van der Waals surface area contributed by atoms with E-state index in [0.717, 1.165) is 18.0 Å². The Morgan fingerprint density at radius 3 is 2.43 bits per heavy atom. The molecule has 110 valence electrons. The third-order valence-corrected chi connectivity index (χ3v) is 4.74. The van der Waals surface area contributed by atoms with E-state index in [-0.39, 0.29) is 9.79 Å². The summed E-state index contributed by atoms with van der Waals surface area (Å²) in [6.07, 6.45) is 0.909. The third kappa shape index (κ3) is 3.59. The van der Waals surface area contributed by atoms with Gasteiger partial charge in [0.15, 0.2) is 9.84 Å². The summed E-state index contributed by atoms with van der Waals surface area (Å²) in [5.41, 5.74) is -0.491. The molecule has 21 heavy (non-hydrogen) atoms. The molecule has 0 atom stereocenters. The van der Waals surface area contributed by atoms with Gasteiger partial charge in [-0.05, 0) is 30.3 Å². The van der Waals surface area contributed by atoms with Gasteiger partial charge in [-0.1, -0.05) is 23.9 Å². The van der Waals surface area contributed by atoms with Crippen molar-refractivity contribution < 1.29 is 17.7 Å². The van der Waals surface area contributed by atoms with Crippen LogP contribution < -0.4 is 0 Å².